The van der Waals surface area contributed by atoms with Gasteiger partial charge >= 0.3 is 5.69 Å². The third-order valence-corrected chi connectivity index (χ3v) is 3.71. The second-order valence-corrected chi connectivity index (χ2v) is 5.90. The number of nitro groups is 1. The molecule has 6 nitrogen and oxygen atoms in total. The number of piperazine rings is 1. The molecule has 1 aliphatic rings. The number of nitro benzene ring substituents is 1. The number of rotatable bonds is 5. The van der Waals surface area contributed by atoms with Crippen LogP contribution in [0.5, 0.6) is 5.75 Å². The maximum absolute atomic E-state index is 11.1. The quantitative estimate of drug-likeness (QED) is 0.667. The standard InChI is InChI=1S/C15H23N3O3/c1-4-9-21-14-10-12(5-6-13(14)18(19)20)17-8-7-16-11-15(17,2)3/h5-6,10,16H,4,7-9,11H2,1-3H3. The van der Waals surface area contributed by atoms with Gasteiger partial charge in [-0.05, 0) is 26.3 Å². The summed E-state index contributed by atoms with van der Waals surface area (Å²) < 4.78 is 5.56. The van der Waals surface area contributed by atoms with E-state index in [2.05, 4.69) is 24.1 Å². The third-order valence-electron chi connectivity index (χ3n) is 3.71. The first-order chi connectivity index (χ1) is 9.95. The molecular formula is C15H23N3O3. The third kappa shape index (κ3) is 3.44. The number of nitrogens with zero attached hydrogens (tertiary/aromatic N) is 2. The Bertz CT molecular complexity index is 517. The summed E-state index contributed by atoms with van der Waals surface area (Å²) in [6.45, 7) is 9.45. The molecule has 1 aliphatic heterocycles. The number of anilines is 1. The molecule has 2 rings (SSSR count). The van der Waals surface area contributed by atoms with Gasteiger partial charge in [-0.1, -0.05) is 6.92 Å². The van der Waals surface area contributed by atoms with Crippen LogP contribution in [0.1, 0.15) is 27.2 Å². The summed E-state index contributed by atoms with van der Waals surface area (Å²) in [5, 5.41) is 14.5. The summed E-state index contributed by atoms with van der Waals surface area (Å²) in [6.07, 6.45) is 0.820. The molecular weight excluding hydrogens is 270 g/mol. The zero-order valence-electron chi connectivity index (χ0n) is 12.9. The van der Waals surface area contributed by atoms with E-state index in [0.29, 0.717) is 12.4 Å². The Kier molecular flexibility index (Phi) is 4.67. The first-order valence-electron chi connectivity index (χ1n) is 7.35. The van der Waals surface area contributed by atoms with Crippen molar-refractivity contribution in [1.29, 1.82) is 0 Å². The molecule has 1 heterocycles. The van der Waals surface area contributed by atoms with Gasteiger partial charge in [-0.25, -0.2) is 0 Å². The molecule has 0 aliphatic carbocycles. The van der Waals surface area contributed by atoms with Crippen molar-refractivity contribution in [2.24, 2.45) is 0 Å². The van der Waals surface area contributed by atoms with Crippen LogP contribution in [0, 0.1) is 10.1 Å². The number of hydrogen-bond acceptors (Lipinski definition) is 5. The Balaban J connectivity index is 2.34. The van der Waals surface area contributed by atoms with Crippen LogP contribution in [-0.2, 0) is 0 Å². The fourth-order valence-electron chi connectivity index (χ4n) is 2.61. The maximum atomic E-state index is 11.1. The smallest absolute Gasteiger partial charge is 0.311 e. The first kappa shape index (κ1) is 15.6. The molecule has 0 spiro atoms. The van der Waals surface area contributed by atoms with Crippen LogP contribution in [0.4, 0.5) is 11.4 Å². The summed E-state index contributed by atoms with van der Waals surface area (Å²) in [5.74, 6) is 0.355. The van der Waals surface area contributed by atoms with E-state index in [9.17, 15) is 10.1 Å². The van der Waals surface area contributed by atoms with E-state index in [0.717, 1.165) is 31.7 Å². The molecule has 21 heavy (non-hydrogen) atoms. The monoisotopic (exact) mass is 293 g/mol. The average molecular weight is 293 g/mol. The van der Waals surface area contributed by atoms with Gasteiger partial charge in [0.2, 0.25) is 0 Å². The van der Waals surface area contributed by atoms with Crippen molar-refractivity contribution in [3.63, 3.8) is 0 Å². The lowest BCUT2D eigenvalue weighted by atomic mass is 9.99. The molecule has 1 aromatic rings. The topological polar surface area (TPSA) is 67.6 Å². The largest absolute Gasteiger partial charge is 0.487 e. The van der Waals surface area contributed by atoms with Gasteiger partial charge in [0.1, 0.15) is 0 Å². The summed E-state index contributed by atoms with van der Waals surface area (Å²) in [4.78, 5) is 13.0. The molecule has 1 saturated heterocycles. The molecule has 0 aromatic heterocycles. The number of ether oxygens (including phenoxy) is 1. The minimum atomic E-state index is -0.391. The molecule has 6 heteroatoms. The van der Waals surface area contributed by atoms with E-state index in [1.807, 2.05) is 13.0 Å². The molecule has 116 valence electrons. The second-order valence-electron chi connectivity index (χ2n) is 5.90. The Labute approximate surface area is 125 Å². The van der Waals surface area contributed by atoms with Gasteiger partial charge < -0.3 is 15.0 Å². The molecule has 1 N–H and O–H groups in total. The number of benzene rings is 1. The predicted molar refractivity (Wildman–Crippen MR) is 83.2 cm³/mol. The Morgan fingerprint density at radius 3 is 2.86 bits per heavy atom. The first-order valence-corrected chi connectivity index (χ1v) is 7.35. The maximum Gasteiger partial charge on any atom is 0.311 e. The minimum absolute atomic E-state index is 0.0279. The molecule has 0 atom stereocenters. The summed E-state index contributed by atoms with van der Waals surface area (Å²) in [7, 11) is 0. The van der Waals surface area contributed by atoms with E-state index < -0.39 is 4.92 Å². The number of hydrogen-bond donors (Lipinski definition) is 1. The van der Waals surface area contributed by atoms with Crippen LogP contribution in [0.25, 0.3) is 0 Å². The van der Waals surface area contributed by atoms with E-state index in [1.54, 1.807) is 12.1 Å². The summed E-state index contributed by atoms with van der Waals surface area (Å²) >= 11 is 0. The van der Waals surface area contributed by atoms with Gasteiger partial charge in [0.15, 0.2) is 5.75 Å². The van der Waals surface area contributed by atoms with Crippen LogP contribution in [-0.4, -0.2) is 36.7 Å². The zero-order valence-corrected chi connectivity index (χ0v) is 12.9. The van der Waals surface area contributed by atoms with Crippen molar-refractivity contribution in [3.8, 4) is 5.75 Å². The molecule has 0 radical (unpaired) electrons. The SMILES string of the molecule is CCCOc1cc(N2CCNCC2(C)C)ccc1[N+](=O)[O-]. The van der Waals surface area contributed by atoms with Crippen LogP contribution in [0.15, 0.2) is 18.2 Å². The molecule has 0 bridgehead atoms. The second kappa shape index (κ2) is 6.30. The minimum Gasteiger partial charge on any atom is -0.487 e. The van der Waals surface area contributed by atoms with Crippen molar-refractivity contribution >= 4 is 11.4 Å². The van der Waals surface area contributed by atoms with Gasteiger partial charge in [0.05, 0.1) is 11.5 Å². The van der Waals surface area contributed by atoms with Crippen molar-refractivity contribution in [1.82, 2.24) is 5.32 Å². The summed E-state index contributed by atoms with van der Waals surface area (Å²) in [6, 6.07) is 5.14. The van der Waals surface area contributed by atoms with Gasteiger partial charge in [0, 0.05) is 43.0 Å². The Morgan fingerprint density at radius 2 is 2.24 bits per heavy atom. The normalized spacial score (nSPS) is 17.6. The van der Waals surface area contributed by atoms with Crippen LogP contribution >= 0.6 is 0 Å². The van der Waals surface area contributed by atoms with Crippen molar-refractivity contribution in [3.05, 3.63) is 28.3 Å². The highest BCUT2D eigenvalue weighted by molar-refractivity contribution is 5.60. The molecule has 0 saturated carbocycles. The fraction of sp³-hybridized carbons (Fsp3) is 0.600. The molecule has 0 unspecified atom stereocenters. The van der Waals surface area contributed by atoms with E-state index in [-0.39, 0.29) is 11.2 Å². The van der Waals surface area contributed by atoms with E-state index in [1.165, 1.54) is 0 Å². The van der Waals surface area contributed by atoms with Crippen molar-refractivity contribution in [2.45, 2.75) is 32.7 Å². The Morgan fingerprint density at radius 1 is 1.48 bits per heavy atom. The van der Waals surface area contributed by atoms with Crippen LogP contribution in [0.2, 0.25) is 0 Å². The lowest BCUT2D eigenvalue weighted by Gasteiger charge is -2.44. The van der Waals surface area contributed by atoms with Crippen molar-refractivity contribution < 1.29 is 9.66 Å². The van der Waals surface area contributed by atoms with Crippen molar-refractivity contribution in [2.75, 3.05) is 31.1 Å². The van der Waals surface area contributed by atoms with E-state index >= 15 is 0 Å². The fourth-order valence-corrected chi connectivity index (χ4v) is 2.61. The highest BCUT2D eigenvalue weighted by Gasteiger charge is 2.30. The van der Waals surface area contributed by atoms with Crippen LogP contribution < -0.4 is 15.0 Å². The van der Waals surface area contributed by atoms with Gasteiger partial charge in [-0.3, -0.25) is 10.1 Å². The zero-order chi connectivity index (χ0) is 15.5. The summed E-state index contributed by atoms with van der Waals surface area (Å²) in [5.41, 5.74) is 0.967. The lowest BCUT2D eigenvalue weighted by Crippen LogP contribution is -2.58. The van der Waals surface area contributed by atoms with Gasteiger partial charge in [-0.15, -0.1) is 0 Å². The van der Waals surface area contributed by atoms with Crippen LogP contribution in [0.3, 0.4) is 0 Å². The molecule has 1 aromatic carbocycles. The van der Waals surface area contributed by atoms with E-state index in [4.69, 9.17) is 4.74 Å². The highest BCUT2D eigenvalue weighted by Crippen LogP contribution is 2.34. The highest BCUT2D eigenvalue weighted by atomic mass is 16.6. The average Bonchev–Trinajstić information content (AvgIpc) is 2.44. The van der Waals surface area contributed by atoms with Gasteiger partial charge in [0.25, 0.3) is 0 Å². The lowest BCUT2D eigenvalue weighted by molar-refractivity contribution is -0.385. The number of nitrogens with one attached hydrogen (secondary N) is 1. The molecule has 1 fully saturated rings. The Hall–Kier alpha value is -1.82. The predicted octanol–water partition coefficient (Wildman–Crippen LogP) is 2.57. The molecule has 0 amide bonds. The van der Waals surface area contributed by atoms with Gasteiger partial charge in [-0.2, -0.15) is 0 Å².